The van der Waals surface area contributed by atoms with Gasteiger partial charge in [0.15, 0.2) is 0 Å². The van der Waals surface area contributed by atoms with Crippen LogP contribution < -0.4 is 5.32 Å². The molecule has 6 nitrogen and oxygen atoms in total. The average molecular weight is 290 g/mol. The fourth-order valence-electron chi connectivity index (χ4n) is 2.59. The number of methoxy groups -OCH3 is 2. The molecule has 0 fully saturated rings. The van der Waals surface area contributed by atoms with Crippen molar-refractivity contribution < 1.29 is 19.1 Å². The number of carbonyl (C=O) groups is 2. The first-order valence-corrected chi connectivity index (χ1v) is 6.49. The van der Waals surface area contributed by atoms with Crippen LogP contribution in [0.25, 0.3) is 0 Å². The molecule has 0 saturated heterocycles. The third-order valence-corrected chi connectivity index (χ3v) is 3.50. The molecule has 2 heterocycles. The van der Waals surface area contributed by atoms with Gasteiger partial charge in [0, 0.05) is 23.3 Å². The van der Waals surface area contributed by atoms with Crippen molar-refractivity contribution >= 4 is 11.9 Å². The first kappa shape index (κ1) is 14.9. The Morgan fingerprint density at radius 2 is 1.57 bits per heavy atom. The minimum atomic E-state index is -0.541. The summed E-state index contributed by atoms with van der Waals surface area (Å²) in [7, 11) is 2.63. The highest BCUT2D eigenvalue weighted by Crippen LogP contribution is 2.38. The first-order valence-electron chi connectivity index (χ1n) is 6.49. The summed E-state index contributed by atoms with van der Waals surface area (Å²) < 4.78 is 9.72. The fraction of sp³-hybridized carbons (Fsp3) is 0.333. The number of ether oxygens (including phenoxy) is 2. The molecule has 0 aliphatic carbocycles. The van der Waals surface area contributed by atoms with Gasteiger partial charge in [0.2, 0.25) is 0 Å². The van der Waals surface area contributed by atoms with Gasteiger partial charge < -0.3 is 19.8 Å². The normalized spacial score (nSPS) is 15.8. The fourth-order valence-corrected chi connectivity index (χ4v) is 2.59. The highest BCUT2D eigenvalue weighted by Gasteiger charge is 2.37. The molecule has 1 aromatic rings. The maximum absolute atomic E-state index is 12.1. The Hall–Kier alpha value is -2.50. The number of dihydropyridines is 1. The summed E-state index contributed by atoms with van der Waals surface area (Å²) >= 11 is 0. The Balaban J connectivity index is 2.63. The molecule has 1 aliphatic rings. The van der Waals surface area contributed by atoms with Crippen LogP contribution in [0.5, 0.6) is 0 Å². The molecule has 0 atom stereocenters. The van der Waals surface area contributed by atoms with Crippen molar-refractivity contribution in [1.82, 2.24) is 10.3 Å². The lowest BCUT2D eigenvalue weighted by Crippen LogP contribution is -2.32. The van der Waals surface area contributed by atoms with Gasteiger partial charge in [-0.2, -0.15) is 0 Å². The molecule has 21 heavy (non-hydrogen) atoms. The number of carbonyl (C=O) groups excluding carboxylic acids is 2. The minimum Gasteiger partial charge on any atom is -0.466 e. The summed E-state index contributed by atoms with van der Waals surface area (Å²) in [4.78, 5) is 27.3. The van der Waals surface area contributed by atoms with Gasteiger partial charge in [0.25, 0.3) is 0 Å². The van der Waals surface area contributed by atoms with Crippen LogP contribution in [0.15, 0.2) is 40.9 Å². The van der Waals surface area contributed by atoms with Gasteiger partial charge in [0.1, 0.15) is 0 Å². The lowest BCUT2D eigenvalue weighted by Gasteiger charge is -2.29. The number of esters is 2. The Labute approximate surface area is 122 Å². The summed E-state index contributed by atoms with van der Waals surface area (Å²) in [5.74, 6) is -1.50. The number of nitrogens with one attached hydrogen (secondary N) is 2. The van der Waals surface area contributed by atoms with E-state index < -0.39 is 17.9 Å². The molecular weight excluding hydrogens is 272 g/mol. The molecule has 0 radical (unpaired) electrons. The van der Waals surface area contributed by atoms with Gasteiger partial charge in [-0.15, -0.1) is 0 Å². The molecule has 0 bridgehead atoms. The van der Waals surface area contributed by atoms with Crippen LogP contribution in [0.3, 0.4) is 0 Å². The molecule has 0 saturated carbocycles. The first-order chi connectivity index (χ1) is 10.0. The molecular formula is C15H18N2O4. The SMILES string of the molecule is COC(=O)C1=C(C)NC(C)=C(C(=O)OC)C1c1ccc[nH]1. The number of aromatic amines is 1. The van der Waals surface area contributed by atoms with Crippen LogP contribution in [0.2, 0.25) is 0 Å². The topological polar surface area (TPSA) is 80.4 Å². The van der Waals surface area contributed by atoms with Gasteiger partial charge >= 0.3 is 11.9 Å². The summed E-state index contributed by atoms with van der Waals surface area (Å²) in [6.07, 6.45) is 1.74. The second-order valence-electron chi connectivity index (χ2n) is 4.74. The number of rotatable bonds is 3. The quantitative estimate of drug-likeness (QED) is 0.826. The molecule has 0 unspecified atom stereocenters. The van der Waals surface area contributed by atoms with Gasteiger partial charge in [-0.1, -0.05) is 0 Å². The van der Waals surface area contributed by atoms with Crippen LogP contribution in [0, 0.1) is 0 Å². The maximum atomic E-state index is 12.1. The van der Waals surface area contributed by atoms with E-state index in [1.807, 2.05) is 12.1 Å². The second kappa shape index (κ2) is 5.87. The number of aromatic nitrogens is 1. The van der Waals surface area contributed by atoms with E-state index in [1.165, 1.54) is 14.2 Å². The third-order valence-electron chi connectivity index (χ3n) is 3.50. The van der Waals surface area contributed by atoms with E-state index >= 15 is 0 Å². The number of hydrogen-bond acceptors (Lipinski definition) is 5. The molecule has 0 aromatic carbocycles. The smallest absolute Gasteiger partial charge is 0.336 e. The van der Waals surface area contributed by atoms with Crippen molar-refractivity contribution in [2.75, 3.05) is 14.2 Å². The van der Waals surface area contributed by atoms with Gasteiger partial charge in [0.05, 0.1) is 31.3 Å². The summed E-state index contributed by atoms with van der Waals surface area (Å²) in [6.45, 7) is 3.56. The average Bonchev–Trinajstić information content (AvgIpc) is 2.99. The van der Waals surface area contributed by atoms with Crippen LogP contribution in [0.1, 0.15) is 25.5 Å². The Morgan fingerprint density at radius 3 is 1.95 bits per heavy atom. The van der Waals surface area contributed by atoms with Crippen LogP contribution in [-0.2, 0) is 19.1 Å². The second-order valence-corrected chi connectivity index (χ2v) is 4.74. The molecule has 2 N–H and O–H groups in total. The van der Waals surface area contributed by atoms with Crippen molar-refractivity contribution in [3.63, 3.8) is 0 Å². The van der Waals surface area contributed by atoms with Gasteiger partial charge in [-0.3, -0.25) is 0 Å². The third kappa shape index (κ3) is 2.56. The van der Waals surface area contributed by atoms with E-state index in [2.05, 4.69) is 10.3 Å². The zero-order valence-corrected chi connectivity index (χ0v) is 12.4. The molecule has 6 heteroatoms. The molecule has 0 spiro atoms. The number of allylic oxidation sites excluding steroid dienone is 2. The predicted octanol–water partition coefficient (Wildman–Crippen LogP) is 1.60. The van der Waals surface area contributed by atoms with Gasteiger partial charge in [-0.05, 0) is 26.0 Å². The van der Waals surface area contributed by atoms with Crippen LogP contribution in [-0.4, -0.2) is 31.1 Å². The molecule has 112 valence electrons. The monoisotopic (exact) mass is 290 g/mol. The summed E-state index contributed by atoms with van der Waals surface area (Å²) in [5, 5.41) is 3.05. The summed E-state index contributed by atoms with van der Waals surface area (Å²) in [5.41, 5.74) is 2.84. The number of hydrogen-bond donors (Lipinski definition) is 2. The lowest BCUT2D eigenvalue weighted by atomic mass is 9.83. The van der Waals surface area contributed by atoms with E-state index in [9.17, 15) is 9.59 Å². The molecule has 2 rings (SSSR count). The standard InChI is InChI=1S/C15H18N2O4/c1-8-11(14(18)20-3)13(10-6-5-7-16-10)12(9(2)17-8)15(19)21-4/h5-7,13,16-17H,1-4H3. The van der Waals surface area contributed by atoms with Crippen molar-refractivity contribution in [3.8, 4) is 0 Å². The largest absolute Gasteiger partial charge is 0.466 e. The van der Waals surface area contributed by atoms with Crippen LogP contribution in [0.4, 0.5) is 0 Å². The Bertz CT molecular complexity index is 588. The molecule has 0 amide bonds. The van der Waals surface area contributed by atoms with Crippen LogP contribution >= 0.6 is 0 Å². The molecule has 1 aromatic heterocycles. The highest BCUT2D eigenvalue weighted by atomic mass is 16.5. The van der Waals surface area contributed by atoms with Crippen molar-refractivity contribution in [2.24, 2.45) is 0 Å². The van der Waals surface area contributed by atoms with E-state index in [4.69, 9.17) is 9.47 Å². The van der Waals surface area contributed by atoms with E-state index in [0.717, 1.165) is 5.69 Å². The zero-order chi connectivity index (χ0) is 15.6. The highest BCUT2D eigenvalue weighted by molar-refractivity contribution is 5.99. The van der Waals surface area contributed by atoms with E-state index in [0.29, 0.717) is 22.5 Å². The van der Waals surface area contributed by atoms with Gasteiger partial charge in [-0.25, -0.2) is 9.59 Å². The molecule has 1 aliphatic heterocycles. The van der Waals surface area contributed by atoms with Crippen molar-refractivity contribution in [3.05, 3.63) is 46.6 Å². The zero-order valence-electron chi connectivity index (χ0n) is 12.4. The number of H-pyrrole nitrogens is 1. The summed E-state index contributed by atoms with van der Waals surface area (Å²) in [6, 6.07) is 3.63. The minimum absolute atomic E-state index is 0.394. The Kier molecular flexibility index (Phi) is 4.16. The lowest BCUT2D eigenvalue weighted by molar-refractivity contribution is -0.137. The predicted molar refractivity (Wildman–Crippen MR) is 76.1 cm³/mol. The van der Waals surface area contributed by atoms with E-state index in [-0.39, 0.29) is 0 Å². The maximum Gasteiger partial charge on any atom is 0.336 e. The van der Waals surface area contributed by atoms with Crippen molar-refractivity contribution in [2.45, 2.75) is 19.8 Å². The van der Waals surface area contributed by atoms with Crippen molar-refractivity contribution in [1.29, 1.82) is 0 Å². The Morgan fingerprint density at radius 1 is 1.05 bits per heavy atom. The van der Waals surface area contributed by atoms with E-state index in [1.54, 1.807) is 20.0 Å².